The predicted octanol–water partition coefficient (Wildman–Crippen LogP) is 1.86. The molecule has 4 heteroatoms. The van der Waals surface area contributed by atoms with Crippen molar-refractivity contribution in [2.45, 2.75) is 62.7 Å². The van der Waals surface area contributed by atoms with Crippen molar-refractivity contribution in [3.05, 3.63) is 0 Å². The molecule has 94 valence electrons. The van der Waals surface area contributed by atoms with Crippen molar-refractivity contribution in [2.24, 2.45) is 11.7 Å². The van der Waals surface area contributed by atoms with Crippen molar-refractivity contribution in [1.82, 2.24) is 0 Å². The van der Waals surface area contributed by atoms with E-state index in [4.69, 9.17) is 5.73 Å². The summed E-state index contributed by atoms with van der Waals surface area (Å²) < 4.78 is 24.1. The second-order valence-electron chi connectivity index (χ2n) is 5.42. The van der Waals surface area contributed by atoms with E-state index in [-0.39, 0.29) is 11.3 Å². The minimum atomic E-state index is -2.83. The molecule has 0 aromatic carbocycles. The van der Waals surface area contributed by atoms with Crippen molar-refractivity contribution in [3.63, 3.8) is 0 Å². The molecular formula is C12H23NO2S. The van der Waals surface area contributed by atoms with E-state index in [2.05, 4.69) is 0 Å². The number of hydrogen-bond acceptors (Lipinski definition) is 3. The van der Waals surface area contributed by atoms with Crippen LogP contribution in [0.2, 0.25) is 0 Å². The maximum atomic E-state index is 12.1. The van der Waals surface area contributed by atoms with Gasteiger partial charge in [-0.1, -0.05) is 19.3 Å². The summed E-state index contributed by atoms with van der Waals surface area (Å²) in [5.74, 6) is 0.826. The quantitative estimate of drug-likeness (QED) is 0.822. The molecule has 0 aliphatic heterocycles. The third-order valence-corrected chi connectivity index (χ3v) is 6.59. The molecule has 2 fully saturated rings. The Morgan fingerprint density at radius 3 is 2.25 bits per heavy atom. The first-order chi connectivity index (χ1) is 7.59. The van der Waals surface area contributed by atoms with Crippen LogP contribution in [0, 0.1) is 5.92 Å². The fourth-order valence-electron chi connectivity index (χ4n) is 3.15. The summed E-state index contributed by atoms with van der Waals surface area (Å²) in [5.41, 5.74) is 5.97. The van der Waals surface area contributed by atoms with Crippen LogP contribution in [-0.4, -0.2) is 25.5 Å². The van der Waals surface area contributed by atoms with Crippen LogP contribution in [0.5, 0.6) is 0 Å². The van der Waals surface area contributed by atoms with Crippen LogP contribution < -0.4 is 5.73 Å². The maximum absolute atomic E-state index is 12.1. The fraction of sp³-hybridized carbons (Fsp3) is 1.00. The summed E-state index contributed by atoms with van der Waals surface area (Å²) >= 11 is 0. The van der Waals surface area contributed by atoms with Crippen LogP contribution in [0.4, 0.5) is 0 Å². The second-order valence-corrected chi connectivity index (χ2v) is 7.82. The smallest absolute Gasteiger partial charge is 0.153 e. The van der Waals surface area contributed by atoms with Crippen LogP contribution in [0.3, 0.4) is 0 Å². The molecule has 16 heavy (non-hydrogen) atoms. The summed E-state index contributed by atoms with van der Waals surface area (Å²) in [5, 5.41) is -0.0369. The molecule has 2 aliphatic rings. The Morgan fingerprint density at radius 1 is 1.00 bits per heavy atom. The fourth-order valence-corrected chi connectivity index (χ4v) is 5.17. The average Bonchev–Trinajstić information content (AvgIpc) is 2.85. The van der Waals surface area contributed by atoms with Gasteiger partial charge < -0.3 is 5.73 Å². The number of sulfone groups is 1. The molecule has 0 radical (unpaired) electrons. The van der Waals surface area contributed by atoms with Crippen molar-refractivity contribution in [1.29, 1.82) is 0 Å². The van der Waals surface area contributed by atoms with Gasteiger partial charge >= 0.3 is 0 Å². The lowest BCUT2D eigenvalue weighted by Gasteiger charge is -2.17. The van der Waals surface area contributed by atoms with Crippen molar-refractivity contribution in [2.75, 3.05) is 5.75 Å². The van der Waals surface area contributed by atoms with E-state index < -0.39 is 9.84 Å². The van der Waals surface area contributed by atoms with Crippen LogP contribution in [0.15, 0.2) is 0 Å². The molecule has 0 aromatic heterocycles. The van der Waals surface area contributed by atoms with Gasteiger partial charge in [0.15, 0.2) is 9.84 Å². The Hall–Kier alpha value is -0.0900. The highest BCUT2D eigenvalue weighted by molar-refractivity contribution is 7.92. The summed E-state index contributed by atoms with van der Waals surface area (Å²) in [6.45, 7) is 0. The van der Waals surface area contributed by atoms with Gasteiger partial charge in [0.05, 0.1) is 11.0 Å². The van der Waals surface area contributed by atoms with E-state index in [0.29, 0.717) is 11.7 Å². The first kappa shape index (κ1) is 12.4. The lowest BCUT2D eigenvalue weighted by molar-refractivity contribution is 0.463. The average molecular weight is 245 g/mol. The van der Waals surface area contributed by atoms with Gasteiger partial charge in [-0.05, 0) is 38.0 Å². The van der Waals surface area contributed by atoms with E-state index >= 15 is 0 Å². The van der Waals surface area contributed by atoms with E-state index in [1.165, 1.54) is 6.42 Å². The molecule has 0 amide bonds. The lowest BCUT2D eigenvalue weighted by atomic mass is 10.0. The van der Waals surface area contributed by atoms with Gasteiger partial charge in [-0.25, -0.2) is 8.42 Å². The number of rotatable bonds is 4. The molecule has 0 saturated heterocycles. The van der Waals surface area contributed by atoms with Crippen LogP contribution in [-0.2, 0) is 9.84 Å². The SMILES string of the molecule is NC1CCCC1CCS(=O)(=O)C1CCCC1. The molecule has 2 aliphatic carbocycles. The van der Waals surface area contributed by atoms with Gasteiger partial charge in [0.1, 0.15) is 0 Å². The number of nitrogens with two attached hydrogens (primary N) is 1. The van der Waals surface area contributed by atoms with Gasteiger partial charge in [-0.15, -0.1) is 0 Å². The molecule has 2 saturated carbocycles. The van der Waals surface area contributed by atoms with Crippen LogP contribution in [0.1, 0.15) is 51.4 Å². The normalized spacial score (nSPS) is 32.3. The minimum absolute atomic E-state index is 0.0369. The Bertz CT molecular complexity index is 320. The predicted molar refractivity (Wildman–Crippen MR) is 66.0 cm³/mol. The zero-order chi connectivity index (χ0) is 11.6. The van der Waals surface area contributed by atoms with E-state index in [0.717, 1.165) is 44.9 Å². The highest BCUT2D eigenvalue weighted by Gasteiger charge is 2.31. The van der Waals surface area contributed by atoms with Gasteiger partial charge in [-0.2, -0.15) is 0 Å². The summed E-state index contributed by atoms with van der Waals surface area (Å²) in [7, 11) is -2.83. The molecule has 2 rings (SSSR count). The monoisotopic (exact) mass is 245 g/mol. The van der Waals surface area contributed by atoms with Crippen LogP contribution in [0.25, 0.3) is 0 Å². The van der Waals surface area contributed by atoms with Crippen molar-refractivity contribution < 1.29 is 8.42 Å². The molecule has 0 aromatic rings. The first-order valence-electron chi connectivity index (χ1n) is 6.57. The zero-order valence-corrected chi connectivity index (χ0v) is 10.7. The molecular weight excluding hydrogens is 222 g/mol. The molecule has 0 spiro atoms. The summed E-state index contributed by atoms with van der Waals surface area (Å²) in [6, 6.07) is 0.249. The molecule has 2 unspecified atom stereocenters. The van der Waals surface area contributed by atoms with E-state index in [9.17, 15) is 8.42 Å². The highest BCUT2D eigenvalue weighted by Crippen LogP contribution is 2.30. The van der Waals surface area contributed by atoms with E-state index in [1.807, 2.05) is 0 Å². The van der Waals surface area contributed by atoms with Crippen LogP contribution >= 0.6 is 0 Å². The molecule has 0 heterocycles. The van der Waals surface area contributed by atoms with Gasteiger partial charge in [0.25, 0.3) is 0 Å². The van der Waals surface area contributed by atoms with Crippen molar-refractivity contribution in [3.8, 4) is 0 Å². The highest BCUT2D eigenvalue weighted by atomic mass is 32.2. The summed E-state index contributed by atoms with van der Waals surface area (Å²) in [4.78, 5) is 0. The topological polar surface area (TPSA) is 60.2 Å². The first-order valence-corrected chi connectivity index (χ1v) is 8.28. The molecule has 3 nitrogen and oxygen atoms in total. The van der Waals surface area contributed by atoms with Crippen molar-refractivity contribution >= 4 is 9.84 Å². The third kappa shape index (κ3) is 2.77. The largest absolute Gasteiger partial charge is 0.327 e. The lowest BCUT2D eigenvalue weighted by Crippen LogP contribution is -2.28. The van der Waals surface area contributed by atoms with Gasteiger partial charge in [-0.3, -0.25) is 0 Å². The van der Waals surface area contributed by atoms with E-state index in [1.54, 1.807) is 0 Å². The molecule has 0 bridgehead atoms. The van der Waals surface area contributed by atoms with Gasteiger partial charge in [0.2, 0.25) is 0 Å². The Balaban J connectivity index is 1.84. The Labute approximate surface area is 98.7 Å². The molecule has 2 atom stereocenters. The Morgan fingerprint density at radius 2 is 1.69 bits per heavy atom. The standard InChI is InChI=1S/C12H23NO2S/c13-12-7-3-4-10(12)8-9-16(14,15)11-5-1-2-6-11/h10-12H,1-9,13H2. The minimum Gasteiger partial charge on any atom is -0.327 e. The zero-order valence-electron chi connectivity index (χ0n) is 9.90. The molecule has 2 N–H and O–H groups in total. The summed E-state index contributed by atoms with van der Waals surface area (Å²) in [6.07, 6.45) is 8.13. The second kappa shape index (κ2) is 5.05. The number of hydrogen-bond donors (Lipinski definition) is 1. The van der Waals surface area contributed by atoms with Gasteiger partial charge in [0, 0.05) is 6.04 Å². The third-order valence-electron chi connectivity index (χ3n) is 4.30. The maximum Gasteiger partial charge on any atom is 0.153 e. The Kier molecular flexibility index (Phi) is 3.90.